The second kappa shape index (κ2) is 6.32. The maximum absolute atomic E-state index is 13.2. The first-order valence-corrected chi connectivity index (χ1v) is 9.47. The summed E-state index contributed by atoms with van der Waals surface area (Å²) in [6.45, 7) is 0. The number of fused-ring (bicyclic) bond motifs is 2. The van der Waals surface area contributed by atoms with Crippen LogP contribution in [0.3, 0.4) is 0 Å². The molecular weight excluding hydrogens is 361 g/mol. The first-order valence-electron chi connectivity index (χ1n) is 8.59. The first-order chi connectivity index (χ1) is 13.2. The third kappa shape index (κ3) is 2.82. The van der Waals surface area contributed by atoms with Gasteiger partial charge in [-0.2, -0.15) is 4.68 Å². The number of thioether (sulfide) groups is 1. The number of benzene rings is 3. The van der Waals surface area contributed by atoms with Crippen LogP contribution in [-0.4, -0.2) is 20.7 Å². The Morgan fingerprint density at radius 1 is 1.00 bits per heavy atom. The number of hydrogen-bond donors (Lipinski definition) is 0. The third-order valence-electron chi connectivity index (χ3n) is 4.69. The summed E-state index contributed by atoms with van der Waals surface area (Å²) in [5, 5.41) is 7.20. The summed E-state index contributed by atoms with van der Waals surface area (Å²) in [6.07, 6.45) is 0.359. The molecule has 132 valence electrons. The lowest BCUT2D eigenvalue weighted by Crippen LogP contribution is -2.21. The number of rotatable bonds is 2. The van der Waals surface area contributed by atoms with Gasteiger partial charge >= 0.3 is 0 Å². The van der Waals surface area contributed by atoms with Gasteiger partial charge in [0.1, 0.15) is 5.82 Å². The van der Waals surface area contributed by atoms with Crippen molar-refractivity contribution in [2.24, 2.45) is 0 Å². The highest BCUT2D eigenvalue weighted by atomic mass is 32.2. The number of carbonyl (C=O) groups excluding carboxylic acids is 1. The molecule has 1 aliphatic rings. The summed E-state index contributed by atoms with van der Waals surface area (Å²) >= 11 is 1.54. The molecule has 1 atom stereocenters. The van der Waals surface area contributed by atoms with Crippen LogP contribution in [0.15, 0.2) is 71.9 Å². The van der Waals surface area contributed by atoms with E-state index in [0.717, 1.165) is 16.3 Å². The van der Waals surface area contributed by atoms with E-state index in [2.05, 4.69) is 34.3 Å². The summed E-state index contributed by atoms with van der Waals surface area (Å²) in [5.41, 5.74) is 1.82. The molecule has 1 aromatic heterocycles. The van der Waals surface area contributed by atoms with Gasteiger partial charge < -0.3 is 0 Å². The first kappa shape index (κ1) is 16.2. The maximum atomic E-state index is 13.2. The molecule has 0 saturated heterocycles. The molecule has 4 aromatic rings. The van der Waals surface area contributed by atoms with Crippen LogP contribution < -0.4 is 0 Å². The molecule has 0 amide bonds. The molecule has 0 unspecified atom stereocenters. The van der Waals surface area contributed by atoms with E-state index >= 15 is 0 Å². The van der Waals surface area contributed by atoms with Gasteiger partial charge in [0.15, 0.2) is 11.0 Å². The van der Waals surface area contributed by atoms with Crippen molar-refractivity contribution in [1.82, 2.24) is 14.8 Å². The van der Waals surface area contributed by atoms with Gasteiger partial charge in [-0.3, -0.25) is 4.79 Å². The molecule has 0 spiro atoms. The molecule has 0 saturated carbocycles. The Balaban J connectivity index is 1.54. The van der Waals surface area contributed by atoms with Gasteiger partial charge in [-0.15, -0.1) is 5.10 Å². The highest BCUT2D eigenvalue weighted by Gasteiger charge is 2.30. The normalized spacial score (nSPS) is 16.5. The third-order valence-corrected chi connectivity index (χ3v) is 5.87. The van der Waals surface area contributed by atoms with Crippen molar-refractivity contribution in [3.8, 4) is 11.4 Å². The van der Waals surface area contributed by atoms with E-state index in [-0.39, 0.29) is 17.0 Å². The monoisotopic (exact) mass is 375 g/mol. The minimum Gasteiger partial charge on any atom is -0.272 e. The molecule has 5 rings (SSSR count). The average molecular weight is 375 g/mol. The van der Waals surface area contributed by atoms with Gasteiger partial charge in [-0.1, -0.05) is 54.2 Å². The number of halogens is 1. The molecule has 0 fully saturated rings. The van der Waals surface area contributed by atoms with Crippen molar-refractivity contribution in [3.05, 3.63) is 78.1 Å². The Kier molecular flexibility index (Phi) is 3.79. The number of carbonyl (C=O) groups is 1. The lowest BCUT2D eigenvalue weighted by atomic mass is 10.0. The quantitative estimate of drug-likeness (QED) is 0.488. The maximum Gasteiger partial charge on any atom is 0.250 e. The summed E-state index contributed by atoms with van der Waals surface area (Å²) in [7, 11) is 0. The molecule has 1 aliphatic heterocycles. The second-order valence-corrected chi connectivity index (χ2v) is 7.58. The van der Waals surface area contributed by atoms with E-state index in [4.69, 9.17) is 0 Å². The van der Waals surface area contributed by atoms with Crippen molar-refractivity contribution in [2.45, 2.75) is 16.8 Å². The van der Waals surface area contributed by atoms with E-state index in [1.54, 1.807) is 23.9 Å². The van der Waals surface area contributed by atoms with Crippen molar-refractivity contribution < 1.29 is 9.18 Å². The van der Waals surface area contributed by atoms with E-state index in [1.165, 1.54) is 16.8 Å². The Labute approximate surface area is 159 Å². The number of nitrogens with zero attached hydrogens (tertiary/aromatic N) is 3. The summed E-state index contributed by atoms with van der Waals surface area (Å²) in [5.74, 6) is 0.0381. The minimum absolute atomic E-state index is 0.0126. The van der Waals surface area contributed by atoms with E-state index in [1.807, 2.05) is 18.2 Å². The van der Waals surface area contributed by atoms with Crippen LogP contribution in [0.1, 0.15) is 22.0 Å². The predicted octanol–water partition coefficient (Wildman–Crippen LogP) is 5.11. The van der Waals surface area contributed by atoms with Crippen molar-refractivity contribution in [2.75, 3.05) is 0 Å². The Morgan fingerprint density at radius 2 is 1.78 bits per heavy atom. The van der Waals surface area contributed by atoms with E-state index < -0.39 is 0 Å². The van der Waals surface area contributed by atoms with Crippen molar-refractivity contribution in [1.29, 1.82) is 0 Å². The number of aromatic nitrogens is 3. The molecule has 0 bridgehead atoms. The standard InChI is InChI=1S/C21H14FN3OS/c22-15-10-8-14(9-11-15)20-23-21-25(24-20)19(26)12-18(27-21)17-7-3-5-13-4-1-2-6-16(13)17/h1-11,18H,12H2/t18-/m0/s1. The fourth-order valence-corrected chi connectivity index (χ4v) is 4.57. The van der Waals surface area contributed by atoms with Crippen LogP contribution in [0.2, 0.25) is 0 Å². The fraction of sp³-hybridized carbons (Fsp3) is 0.0952. The average Bonchev–Trinajstić information content (AvgIpc) is 3.13. The minimum atomic E-state index is -0.316. The van der Waals surface area contributed by atoms with Crippen LogP contribution in [0.5, 0.6) is 0 Å². The second-order valence-electron chi connectivity index (χ2n) is 6.41. The van der Waals surface area contributed by atoms with Crippen LogP contribution in [0.25, 0.3) is 22.2 Å². The van der Waals surface area contributed by atoms with Crippen LogP contribution >= 0.6 is 11.8 Å². The van der Waals surface area contributed by atoms with Crippen molar-refractivity contribution >= 4 is 28.4 Å². The largest absolute Gasteiger partial charge is 0.272 e. The van der Waals surface area contributed by atoms with E-state index in [0.29, 0.717) is 23.0 Å². The highest BCUT2D eigenvalue weighted by molar-refractivity contribution is 7.99. The molecule has 0 N–H and O–H groups in total. The van der Waals surface area contributed by atoms with Gasteiger partial charge in [-0.05, 0) is 40.6 Å². The van der Waals surface area contributed by atoms with Crippen LogP contribution in [0, 0.1) is 5.82 Å². The fourth-order valence-electron chi connectivity index (χ4n) is 3.38. The molecule has 2 heterocycles. The predicted molar refractivity (Wildman–Crippen MR) is 103 cm³/mol. The number of hydrogen-bond acceptors (Lipinski definition) is 4. The zero-order valence-corrected chi connectivity index (χ0v) is 15.0. The molecule has 27 heavy (non-hydrogen) atoms. The van der Waals surface area contributed by atoms with Gasteiger partial charge in [0.2, 0.25) is 0 Å². The lowest BCUT2D eigenvalue weighted by Gasteiger charge is -2.21. The molecule has 0 radical (unpaired) electrons. The molecule has 0 aliphatic carbocycles. The molecular formula is C21H14FN3OS. The smallest absolute Gasteiger partial charge is 0.250 e. The van der Waals surface area contributed by atoms with Gasteiger partial charge in [0.25, 0.3) is 5.91 Å². The van der Waals surface area contributed by atoms with E-state index in [9.17, 15) is 9.18 Å². The Morgan fingerprint density at radius 3 is 2.63 bits per heavy atom. The summed E-state index contributed by atoms with van der Waals surface area (Å²) < 4.78 is 14.5. The molecule has 6 heteroatoms. The summed E-state index contributed by atoms with van der Waals surface area (Å²) in [4.78, 5) is 17.2. The van der Waals surface area contributed by atoms with Crippen molar-refractivity contribution in [3.63, 3.8) is 0 Å². The zero-order valence-electron chi connectivity index (χ0n) is 14.2. The SMILES string of the molecule is O=C1C[C@@H](c2cccc3ccccc23)Sc2nc(-c3ccc(F)cc3)nn21. The Hall–Kier alpha value is -2.99. The zero-order chi connectivity index (χ0) is 18.4. The van der Waals surface area contributed by atoms with Crippen LogP contribution in [0.4, 0.5) is 4.39 Å². The topological polar surface area (TPSA) is 47.8 Å². The van der Waals surface area contributed by atoms with Gasteiger partial charge in [0, 0.05) is 17.2 Å². The van der Waals surface area contributed by atoms with Gasteiger partial charge in [0.05, 0.1) is 0 Å². The Bertz CT molecular complexity index is 1160. The van der Waals surface area contributed by atoms with Crippen LogP contribution in [-0.2, 0) is 0 Å². The molecule has 4 nitrogen and oxygen atoms in total. The highest BCUT2D eigenvalue weighted by Crippen LogP contribution is 2.43. The lowest BCUT2D eigenvalue weighted by molar-refractivity contribution is 0.0868. The molecule has 3 aromatic carbocycles. The van der Waals surface area contributed by atoms with Gasteiger partial charge in [-0.25, -0.2) is 9.37 Å². The summed E-state index contributed by atoms with van der Waals surface area (Å²) in [6, 6.07) is 20.3.